The molecule has 0 N–H and O–H groups in total. The van der Waals surface area contributed by atoms with Gasteiger partial charge < -0.3 is 9.69 Å². The summed E-state index contributed by atoms with van der Waals surface area (Å²) < 4.78 is 0. The molecule has 1 aromatic heterocycles. The summed E-state index contributed by atoms with van der Waals surface area (Å²) in [4.78, 5) is 19.7. The summed E-state index contributed by atoms with van der Waals surface area (Å²) in [5, 5.41) is 0. The van der Waals surface area contributed by atoms with Crippen LogP contribution in [0.15, 0.2) is 24.5 Å². The van der Waals surface area contributed by atoms with Gasteiger partial charge in [0.2, 0.25) is 0 Å². The molecule has 0 unspecified atom stereocenters. The lowest BCUT2D eigenvalue weighted by Crippen LogP contribution is -2.40. The van der Waals surface area contributed by atoms with E-state index in [0.29, 0.717) is 12.6 Å². The molecular formula is C16H23N3O. The van der Waals surface area contributed by atoms with Crippen LogP contribution in [0.25, 0.3) is 0 Å². The largest absolute Gasteiger partial charge is 0.371 e. The van der Waals surface area contributed by atoms with Crippen molar-refractivity contribution >= 4 is 12.0 Å². The van der Waals surface area contributed by atoms with Gasteiger partial charge in [-0.05, 0) is 43.7 Å². The zero-order valence-corrected chi connectivity index (χ0v) is 11.9. The molecule has 0 amide bonds. The number of anilines is 1. The Kier molecular flexibility index (Phi) is 4.31. The van der Waals surface area contributed by atoms with Crippen LogP contribution in [0.1, 0.15) is 25.7 Å². The fourth-order valence-electron chi connectivity index (χ4n) is 3.17. The van der Waals surface area contributed by atoms with E-state index in [-0.39, 0.29) is 0 Å². The second-order valence-corrected chi connectivity index (χ2v) is 5.99. The molecule has 1 saturated carbocycles. The fourth-order valence-corrected chi connectivity index (χ4v) is 3.17. The molecule has 2 aliphatic rings. The standard InChI is InChI=1S/C16H23N3O/c20-12-11-19(15-1-2-15)13-14-5-9-18(10-6-14)16-3-7-17-8-4-16/h3-4,7-8,12,14-15H,1-2,5-6,9-11,13H2. The van der Waals surface area contributed by atoms with Crippen molar-refractivity contribution in [3.05, 3.63) is 24.5 Å². The molecule has 2 heterocycles. The molecular weight excluding hydrogens is 250 g/mol. The highest BCUT2D eigenvalue weighted by Crippen LogP contribution is 2.29. The van der Waals surface area contributed by atoms with Crippen LogP contribution in [0.3, 0.4) is 0 Å². The summed E-state index contributed by atoms with van der Waals surface area (Å²) in [7, 11) is 0. The van der Waals surface area contributed by atoms with Crippen molar-refractivity contribution in [2.45, 2.75) is 31.7 Å². The Labute approximate surface area is 120 Å². The zero-order chi connectivity index (χ0) is 13.8. The molecule has 0 spiro atoms. The highest BCUT2D eigenvalue weighted by Gasteiger charge is 2.31. The molecule has 1 aromatic rings. The van der Waals surface area contributed by atoms with E-state index in [1.54, 1.807) is 0 Å². The summed E-state index contributed by atoms with van der Waals surface area (Å²) >= 11 is 0. The van der Waals surface area contributed by atoms with Gasteiger partial charge >= 0.3 is 0 Å². The lowest BCUT2D eigenvalue weighted by molar-refractivity contribution is -0.109. The van der Waals surface area contributed by atoms with E-state index in [1.165, 1.54) is 31.4 Å². The van der Waals surface area contributed by atoms with Gasteiger partial charge in [-0.2, -0.15) is 0 Å². The molecule has 0 atom stereocenters. The zero-order valence-electron chi connectivity index (χ0n) is 11.9. The van der Waals surface area contributed by atoms with Crippen molar-refractivity contribution < 1.29 is 4.79 Å². The highest BCUT2D eigenvalue weighted by atomic mass is 16.1. The Morgan fingerprint density at radius 2 is 1.90 bits per heavy atom. The summed E-state index contributed by atoms with van der Waals surface area (Å²) in [6.07, 6.45) is 9.80. The van der Waals surface area contributed by atoms with Crippen LogP contribution in [-0.4, -0.2) is 48.4 Å². The molecule has 3 rings (SSSR count). The van der Waals surface area contributed by atoms with Gasteiger partial charge in [-0.15, -0.1) is 0 Å². The number of hydrogen-bond acceptors (Lipinski definition) is 4. The first kappa shape index (κ1) is 13.6. The van der Waals surface area contributed by atoms with Gasteiger partial charge in [0.15, 0.2) is 0 Å². The number of piperidine rings is 1. The molecule has 108 valence electrons. The monoisotopic (exact) mass is 273 g/mol. The maximum absolute atomic E-state index is 10.8. The third kappa shape index (κ3) is 3.37. The lowest BCUT2D eigenvalue weighted by atomic mass is 9.95. The molecule has 4 heteroatoms. The first-order chi connectivity index (χ1) is 9.86. The molecule has 1 saturated heterocycles. The van der Waals surface area contributed by atoms with Crippen molar-refractivity contribution in [3.63, 3.8) is 0 Å². The number of nitrogens with zero attached hydrogens (tertiary/aromatic N) is 3. The van der Waals surface area contributed by atoms with Crippen molar-refractivity contribution in [2.75, 3.05) is 31.1 Å². The maximum Gasteiger partial charge on any atom is 0.133 e. The van der Waals surface area contributed by atoms with E-state index in [2.05, 4.69) is 26.9 Å². The van der Waals surface area contributed by atoms with Gasteiger partial charge in [0, 0.05) is 43.8 Å². The van der Waals surface area contributed by atoms with Crippen molar-refractivity contribution in [1.29, 1.82) is 0 Å². The Balaban J connectivity index is 1.49. The average Bonchev–Trinajstić information content (AvgIpc) is 3.33. The number of aromatic nitrogens is 1. The van der Waals surface area contributed by atoms with Crippen LogP contribution in [0, 0.1) is 5.92 Å². The quantitative estimate of drug-likeness (QED) is 0.742. The first-order valence-corrected chi connectivity index (χ1v) is 7.69. The van der Waals surface area contributed by atoms with E-state index in [0.717, 1.165) is 31.8 Å². The summed E-state index contributed by atoms with van der Waals surface area (Å²) in [6.45, 7) is 3.96. The number of rotatable bonds is 6. The van der Waals surface area contributed by atoms with Crippen LogP contribution in [0.5, 0.6) is 0 Å². The van der Waals surface area contributed by atoms with Gasteiger partial charge in [-0.1, -0.05) is 0 Å². The molecule has 4 nitrogen and oxygen atoms in total. The van der Waals surface area contributed by atoms with Crippen molar-refractivity contribution in [3.8, 4) is 0 Å². The Morgan fingerprint density at radius 1 is 1.20 bits per heavy atom. The fraction of sp³-hybridized carbons (Fsp3) is 0.625. The molecule has 0 aromatic carbocycles. The Bertz CT molecular complexity index is 425. The van der Waals surface area contributed by atoms with Gasteiger partial charge in [0.25, 0.3) is 0 Å². The number of aldehydes is 1. The summed E-state index contributed by atoms with van der Waals surface area (Å²) in [5.41, 5.74) is 1.28. The topological polar surface area (TPSA) is 36.4 Å². The number of carbonyl (C=O) groups is 1. The predicted octanol–water partition coefficient (Wildman–Crippen LogP) is 1.96. The van der Waals surface area contributed by atoms with E-state index in [1.807, 2.05) is 12.4 Å². The highest BCUT2D eigenvalue weighted by molar-refractivity contribution is 5.52. The minimum atomic E-state index is 0.620. The predicted molar refractivity (Wildman–Crippen MR) is 79.8 cm³/mol. The van der Waals surface area contributed by atoms with Gasteiger partial charge in [-0.3, -0.25) is 9.88 Å². The van der Waals surface area contributed by atoms with Crippen LogP contribution in [0.2, 0.25) is 0 Å². The molecule has 0 radical (unpaired) electrons. The van der Waals surface area contributed by atoms with E-state index >= 15 is 0 Å². The molecule has 20 heavy (non-hydrogen) atoms. The van der Waals surface area contributed by atoms with Gasteiger partial charge in [0.05, 0.1) is 6.54 Å². The summed E-state index contributed by atoms with van der Waals surface area (Å²) in [5.74, 6) is 0.744. The smallest absolute Gasteiger partial charge is 0.133 e. The number of pyridine rings is 1. The minimum absolute atomic E-state index is 0.620. The maximum atomic E-state index is 10.8. The van der Waals surface area contributed by atoms with E-state index in [9.17, 15) is 4.79 Å². The van der Waals surface area contributed by atoms with Gasteiger partial charge in [0.1, 0.15) is 6.29 Å². The van der Waals surface area contributed by atoms with Crippen LogP contribution in [-0.2, 0) is 4.79 Å². The minimum Gasteiger partial charge on any atom is -0.371 e. The molecule has 2 fully saturated rings. The van der Waals surface area contributed by atoms with Crippen molar-refractivity contribution in [1.82, 2.24) is 9.88 Å². The van der Waals surface area contributed by atoms with Gasteiger partial charge in [-0.25, -0.2) is 0 Å². The van der Waals surface area contributed by atoms with Crippen LogP contribution in [0.4, 0.5) is 5.69 Å². The average molecular weight is 273 g/mol. The first-order valence-electron chi connectivity index (χ1n) is 7.69. The second kappa shape index (κ2) is 6.35. The number of hydrogen-bond donors (Lipinski definition) is 0. The van der Waals surface area contributed by atoms with Crippen molar-refractivity contribution in [2.24, 2.45) is 5.92 Å². The third-order valence-electron chi connectivity index (χ3n) is 4.51. The third-order valence-corrected chi connectivity index (χ3v) is 4.51. The lowest BCUT2D eigenvalue weighted by Gasteiger charge is -2.35. The normalized spacial score (nSPS) is 20.4. The SMILES string of the molecule is O=CCN(CC1CCN(c2ccncc2)CC1)C1CC1. The van der Waals surface area contributed by atoms with E-state index in [4.69, 9.17) is 0 Å². The summed E-state index contributed by atoms with van der Waals surface area (Å²) in [6, 6.07) is 4.87. The second-order valence-electron chi connectivity index (χ2n) is 5.99. The molecule has 1 aliphatic carbocycles. The van der Waals surface area contributed by atoms with E-state index < -0.39 is 0 Å². The van der Waals surface area contributed by atoms with Crippen LogP contribution < -0.4 is 4.90 Å². The Hall–Kier alpha value is -1.42. The van der Waals surface area contributed by atoms with Crippen LogP contribution >= 0.6 is 0 Å². The number of carbonyl (C=O) groups excluding carboxylic acids is 1. The molecule has 0 bridgehead atoms. The molecule has 1 aliphatic heterocycles. The Morgan fingerprint density at radius 3 is 2.50 bits per heavy atom.